The van der Waals surface area contributed by atoms with Gasteiger partial charge >= 0.3 is 0 Å². The number of para-hydroxylation sites is 1. The molecular weight excluding hydrogens is 408 g/mol. The Labute approximate surface area is 169 Å². The molecule has 11 heteroatoms. The van der Waals surface area contributed by atoms with Crippen molar-refractivity contribution < 1.29 is 9.53 Å². The molecule has 1 amide bonds. The summed E-state index contributed by atoms with van der Waals surface area (Å²) in [5.74, 6) is 1.27. The number of aromatic nitrogens is 5. The predicted octanol–water partition coefficient (Wildman–Crippen LogP) is 3.67. The monoisotopic (exact) mass is 424 g/mol. The van der Waals surface area contributed by atoms with Gasteiger partial charge in [0.2, 0.25) is 11.0 Å². The molecule has 0 saturated carbocycles. The average Bonchev–Trinajstić information content (AvgIpc) is 3.31. The van der Waals surface area contributed by atoms with Crippen molar-refractivity contribution in [2.75, 3.05) is 11.1 Å². The van der Waals surface area contributed by atoms with Crippen molar-refractivity contribution in [3.63, 3.8) is 0 Å². The molecule has 1 atom stereocenters. The van der Waals surface area contributed by atoms with Gasteiger partial charge in [0.1, 0.15) is 11.3 Å². The Balaban J connectivity index is 1.65. The summed E-state index contributed by atoms with van der Waals surface area (Å²) in [6, 6.07) is 7.28. The van der Waals surface area contributed by atoms with Crippen LogP contribution in [0.4, 0.5) is 5.13 Å². The van der Waals surface area contributed by atoms with Gasteiger partial charge in [-0.05, 0) is 26.0 Å². The lowest BCUT2D eigenvalue weighted by Gasteiger charge is -2.16. The van der Waals surface area contributed by atoms with E-state index in [9.17, 15) is 4.79 Å². The van der Waals surface area contributed by atoms with Crippen LogP contribution in [0, 0.1) is 0 Å². The predicted molar refractivity (Wildman–Crippen MR) is 105 cm³/mol. The summed E-state index contributed by atoms with van der Waals surface area (Å²) in [6.07, 6.45) is -0.345. The molecule has 0 aliphatic rings. The first-order valence-electron chi connectivity index (χ1n) is 8.11. The van der Waals surface area contributed by atoms with E-state index in [0.29, 0.717) is 33.4 Å². The molecular formula is C16H17ClN6O2S2. The minimum atomic E-state index is -0.345. The lowest BCUT2D eigenvalue weighted by atomic mass is 10.3. The maximum atomic E-state index is 12.0. The Morgan fingerprint density at radius 3 is 2.89 bits per heavy atom. The van der Waals surface area contributed by atoms with Crippen molar-refractivity contribution in [2.45, 2.75) is 31.7 Å². The minimum absolute atomic E-state index is 0.177. The molecule has 0 fully saturated rings. The number of benzene rings is 1. The highest BCUT2D eigenvalue weighted by atomic mass is 35.5. The van der Waals surface area contributed by atoms with E-state index in [4.69, 9.17) is 16.3 Å². The molecule has 27 heavy (non-hydrogen) atoms. The van der Waals surface area contributed by atoms with Gasteiger partial charge in [-0.3, -0.25) is 10.1 Å². The van der Waals surface area contributed by atoms with E-state index in [1.54, 1.807) is 17.6 Å². The number of carbonyl (C=O) groups excluding carboxylic acids is 1. The maximum Gasteiger partial charge on any atom is 0.236 e. The second kappa shape index (κ2) is 9.16. The van der Waals surface area contributed by atoms with Crippen LogP contribution < -0.4 is 10.1 Å². The van der Waals surface area contributed by atoms with Gasteiger partial charge in [-0.25, -0.2) is 0 Å². The Morgan fingerprint density at radius 1 is 1.37 bits per heavy atom. The maximum absolute atomic E-state index is 12.0. The van der Waals surface area contributed by atoms with E-state index in [0.717, 1.165) is 0 Å². The van der Waals surface area contributed by atoms with Crippen LogP contribution in [0.25, 0.3) is 0 Å². The number of anilines is 1. The normalized spacial score (nSPS) is 12.0. The summed E-state index contributed by atoms with van der Waals surface area (Å²) in [6.45, 7) is 4.52. The van der Waals surface area contributed by atoms with E-state index in [1.807, 2.05) is 30.5 Å². The number of hydrogen-bond donors (Lipinski definition) is 1. The van der Waals surface area contributed by atoms with Crippen molar-refractivity contribution in [1.29, 1.82) is 0 Å². The zero-order chi connectivity index (χ0) is 19.2. The number of ether oxygens (including phenoxy) is 1. The van der Waals surface area contributed by atoms with Crippen LogP contribution in [0.1, 0.15) is 25.8 Å². The third-order valence-electron chi connectivity index (χ3n) is 3.50. The Hall–Kier alpha value is -2.17. The molecule has 3 rings (SSSR count). The molecule has 3 aromatic rings. The van der Waals surface area contributed by atoms with Crippen LogP contribution in [-0.4, -0.2) is 36.6 Å². The van der Waals surface area contributed by atoms with Gasteiger partial charge in [-0.15, -0.1) is 20.4 Å². The van der Waals surface area contributed by atoms with Gasteiger partial charge in [0, 0.05) is 6.54 Å². The molecule has 0 spiro atoms. The first-order chi connectivity index (χ1) is 13.1. The van der Waals surface area contributed by atoms with Crippen molar-refractivity contribution in [3.8, 4) is 5.75 Å². The highest BCUT2D eigenvalue weighted by Gasteiger charge is 2.20. The molecule has 2 aromatic heterocycles. The SMILES string of the molecule is CCn1c(SCC(=O)Nc2nncs2)nnc1C(C)Oc1ccccc1Cl. The molecule has 0 saturated heterocycles. The molecule has 0 aliphatic carbocycles. The second-order valence-corrected chi connectivity index (χ2v) is 7.54. The number of halogens is 1. The first-order valence-corrected chi connectivity index (χ1v) is 10.4. The van der Waals surface area contributed by atoms with Gasteiger partial charge in [-0.1, -0.05) is 46.8 Å². The second-order valence-electron chi connectivity index (χ2n) is 5.36. The third kappa shape index (κ3) is 4.96. The molecule has 8 nitrogen and oxygen atoms in total. The quantitative estimate of drug-likeness (QED) is 0.551. The van der Waals surface area contributed by atoms with Gasteiger partial charge in [-0.2, -0.15) is 0 Å². The average molecular weight is 425 g/mol. The molecule has 1 unspecified atom stereocenters. The number of hydrogen-bond acceptors (Lipinski definition) is 8. The van der Waals surface area contributed by atoms with E-state index >= 15 is 0 Å². The Morgan fingerprint density at radius 2 is 2.19 bits per heavy atom. The third-order valence-corrected chi connectivity index (χ3v) is 5.39. The van der Waals surface area contributed by atoms with Crippen molar-refractivity contribution >= 4 is 45.7 Å². The smallest absolute Gasteiger partial charge is 0.236 e. The largest absolute Gasteiger partial charge is 0.481 e. The molecule has 142 valence electrons. The van der Waals surface area contributed by atoms with Crippen molar-refractivity contribution in [2.24, 2.45) is 0 Å². The summed E-state index contributed by atoms with van der Waals surface area (Å²) in [4.78, 5) is 12.0. The van der Waals surface area contributed by atoms with Crippen LogP contribution in [0.2, 0.25) is 5.02 Å². The highest BCUT2D eigenvalue weighted by molar-refractivity contribution is 7.99. The van der Waals surface area contributed by atoms with Gasteiger partial charge in [0.15, 0.2) is 17.1 Å². The van der Waals surface area contributed by atoms with Crippen LogP contribution in [-0.2, 0) is 11.3 Å². The zero-order valence-corrected chi connectivity index (χ0v) is 17.0. The van der Waals surface area contributed by atoms with Gasteiger partial charge in [0.25, 0.3) is 0 Å². The van der Waals surface area contributed by atoms with Crippen LogP contribution in [0.15, 0.2) is 34.9 Å². The van der Waals surface area contributed by atoms with Crippen molar-refractivity contribution in [3.05, 3.63) is 40.6 Å². The lowest BCUT2D eigenvalue weighted by molar-refractivity contribution is -0.113. The highest BCUT2D eigenvalue weighted by Crippen LogP contribution is 2.29. The van der Waals surface area contributed by atoms with Gasteiger partial charge in [0.05, 0.1) is 10.8 Å². The van der Waals surface area contributed by atoms with Crippen LogP contribution in [0.3, 0.4) is 0 Å². The Bertz CT molecular complexity index is 902. The fourth-order valence-corrected chi connectivity index (χ4v) is 3.75. The fraction of sp³-hybridized carbons (Fsp3) is 0.312. The number of nitrogens with zero attached hydrogens (tertiary/aromatic N) is 5. The fourth-order valence-electron chi connectivity index (χ4n) is 2.30. The Kier molecular flexibility index (Phi) is 6.64. The number of nitrogens with one attached hydrogen (secondary N) is 1. The van der Waals surface area contributed by atoms with Crippen LogP contribution in [0.5, 0.6) is 5.75 Å². The van der Waals surface area contributed by atoms with E-state index in [2.05, 4.69) is 25.7 Å². The molecule has 1 aromatic carbocycles. The molecule has 0 radical (unpaired) electrons. The summed E-state index contributed by atoms with van der Waals surface area (Å²) in [5.41, 5.74) is 1.56. The number of thioether (sulfide) groups is 1. The standard InChI is InChI=1S/C16H17ClN6O2S2/c1-3-23-14(10(2)25-12-7-5-4-6-11(12)17)20-22-16(23)26-8-13(24)19-15-21-18-9-27-15/h4-7,9-10H,3,8H2,1-2H3,(H,19,21,24). The van der Waals surface area contributed by atoms with E-state index < -0.39 is 0 Å². The van der Waals surface area contributed by atoms with Crippen LogP contribution >= 0.6 is 34.7 Å². The van der Waals surface area contributed by atoms with Gasteiger partial charge < -0.3 is 9.30 Å². The number of carbonyl (C=O) groups is 1. The summed E-state index contributed by atoms with van der Waals surface area (Å²) >= 11 is 8.72. The number of amides is 1. The minimum Gasteiger partial charge on any atom is -0.481 e. The van der Waals surface area contributed by atoms with Crippen molar-refractivity contribution in [1.82, 2.24) is 25.0 Å². The number of rotatable bonds is 8. The summed E-state index contributed by atoms with van der Waals surface area (Å²) in [7, 11) is 0. The van der Waals surface area contributed by atoms with E-state index in [-0.39, 0.29) is 17.8 Å². The molecule has 0 bridgehead atoms. The molecule has 0 aliphatic heterocycles. The summed E-state index contributed by atoms with van der Waals surface area (Å²) < 4.78 is 7.85. The molecule has 1 N–H and O–H groups in total. The topological polar surface area (TPSA) is 94.8 Å². The zero-order valence-electron chi connectivity index (χ0n) is 14.6. The van der Waals surface area contributed by atoms with E-state index in [1.165, 1.54) is 23.1 Å². The molecule has 2 heterocycles. The first kappa shape index (κ1) is 19.6. The summed E-state index contributed by atoms with van der Waals surface area (Å²) in [5, 5.41) is 20.2. The lowest BCUT2D eigenvalue weighted by Crippen LogP contribution is -2.15.